The third-order valence-electron chi connectivity index (χ3n) is 8.69. The summed E-state index contributed by atoms with van der Waals surface area (Å²) in [5.74, 6) is 0. The number of hydrogen-bond donors (Lipinski definition) is 0. The van der Waals surface area contributed by atoms with Gasteiger partial charge >= 0.3 is 0 Å². The zero-order valence-corrected chi connectivity index (χ0v) is 23.8. The van der Waals surface area contributed by atoms with E-state index in [1.54, 1.807) is 0 Å². The molecule has 0 aliphatic rings. The standard InChI is InChI=1S/C42H24N2/c1-44-34-19-16-30(17-20-34)39-24-41-36-9-5-4-8-35(36)38(29-12-10-27(26-43)11-13-29)25-42(41)40-23-33(18-21-37(39)40)32-15-14-28-6-2-3-7-31(28)22-32/h2-25H. The van der Waals surface area contributed by atoms with E-state index in [2.05, 4.69) is 120 Å². The molecule has 0 N–H and O–H groups in total. The van der Waals surface area contributed by atoms with Gasteiger partial charge in [0.25, 0.3) is 0 Å². The van der Waals surface area contributed by atoms with Crippen molar-refractivity contribution in [1.82, 2.24) is 0 Å². The first-order valence-electron chi connectivity index (χ1n) is 14.6. The molecule has 0 atom stereocenters. The van der Waals surface area contributed by atoms with Crippen LogP contribution in [-0.2, 0) is 0 Å². The smallest absolute Gasteiger partial charge is 0.187 e. The Bertz CT molecular complexity index is 2490. The van der Waals surface area contributed by atoms with Gasteiger partial charge in [0.15, 0.2) is 5.69 Å². The van der Waals surface area contributed by atoms with Gasteiger partial charge in [-0.25, -0.2) is 4.85 Å². The Morgan fingerprint density at radius 3 is 1.66 bits per heavy atom. The molecule has 8 aromatic carbocycles. The monoisotopic (exact) mass is 556 g/mol. The van der Waals surface area contributed by atoms with Gasteiger partial charge in [0.1, 0.15) is 0 Å². The second-order valence-electron chi connectivity index (χ2n) is 11.2. The van der Waals surface area contributed by atoms with Gasteiger partial charge in [-0.2, -0.15) is 5.26 Å². The molecule has 0 saturated heterocycles. The third kappa shape index (κ3) is 4.18. The topological polar surface area (TPSA) is 28.1 Å². The Kier molecular flexibility index (Phi) is 5.94. The summed E-state index contributed by atoms with van der Waals surface area (Å²) in [7, 11) is 0. The Morgan fingerprint density at radius 2 is 0.955 bits per heavy atom. The van der Waals surface area contributed by atoms with Crippen molar-refractivity contribution in [2.75, 3.05) is 0 Å². The van der Waals surface area contributed by atoms with Crippen LogP contribution in [0.25, 0.3) is 81.3 Å². The Labute approximate surface area is 255 Å². The minimum Gasteiger partial charge on any atom is -0.238 e. The van der Waals surface area contributed by atoms with Crippen molar-refractivity contribution in [3.8, 4) is 39.4 Å². The van der Waals surface area contributed by atoms with E-state index in [-0.39, 0.29) is 0 Å². The normalized spacial score (nSPS) is 11.1. The van der Waals surface area contributed by atoms with E-state index in [1.165, 1.54) is 48.7 Å². The van der Waals surface area contributed by atoms with Crippen molar-refractivity contribution in [1.29, 1.82) is 5.26 Å². The highest BCUT2D eigenvalue weighted by Gasteiger charge is 2.16. The molecule has 0 aliphatic carbocycles. The van der Waals surface area contributed by atoms with Crippen LogP contribution >= 0.6 is 0 Å². The number of nitrogens with zero attached hydrogens (tertiary/aromatic N) is 2. The Hall–Kier alpha value is -6.22. The third-order valence-corrected chi connectivity index (χ3v) is 8.69. The molecule has 0 radical (unpaired) electrons. The van der Waals surface area contributed by atoms with Crippen molar-refractivity contribution in [2.24, 2.45) is 0 Å². The molecular weight excluding hydrogens is 532 g/mol. The summed E-state index contributed by atoms with van der Waals surface area (Å²) in [6.45, 7) is 7.43. The number of fused-ring (bicyclic) bond motifs is 6. The lowest BCUT2D eigenvalue weighted by molar-refractivity contribution is 1.48. The molecule has 0 saturated carbocycles. The van der Waals surface area contributed by atoms with Crippen LogP contribution in [0.5, 0.6) is 0 Å². The van der Waals surface area contributed by atoms with E-state index in [4.69, 9.17) is 6.57 Å². The molecule has 2 heteroatoms. The molecule has 8 rings (SSSR count). The van der Waals surface area contributed by atoms with Gasteiger partial charge in [-0.15, -0.1) is 0 Å². The lowest BCUT2D eigenvalue weighted by atomic mass is 9.86. The molecule has 2 nitrogen and oxygen atoms in total. The molecule has 0 aliphatic heterocycles. The summed E-state index contributed by atoms with van der Waals surface area (Å²) < 4.78 is 0. The zero-order valence-electron chi connectivity index (χ0n) is 23.8. The maximum Gasteiger partial charge on any atom is 0.187 e. The van der Waals surface area contributed by atoms with Gasteiger partial charge in [-0.1, -0.05) is 109 Å². The molecular formula is C42H24N2. The van der Waals surface area contributed by atoms with E-state index in [1.807, 2.05) is 36.4 Å². The van der Waals surface area contributed by atoms with Gasteiger partial charge < -0.3 is 0 Å². The van der Waals surface area contributed by atoms with E-state index >= 15 is 0 Å². The molecule has 0 bridgehead atoms. The van der Waals surface area contributed by atoms with Gasteiger partial charge in [-0.3, -0.25) is 0 Å². The number of hydrogen-bond acceptors (Lipinski definition) is 1. The average Bonchev–Trinajstić information content (AvgIpc) is 3.10. The summed E-state index contributed by atoms with van der Waals surface area (Å²) >= 11 is 0. The molecule has 0 spiro atoms. The minimum atomic E-state index is 0.634. The molecule has 202 valence electrons. The van der Waals surface area contributed by atoms with Gasteiger partial charge in [-0.05, 0) is 113 Å². The average molecular weight is 557 g/mol. The Morgan fingerprint density at radius 1 is 0.432 bits per heavy atom. The van der Waals surface area contributed by atoms with Gasteiger partial charge in [0.2, 0.25) is 0 Å². The van der Waals surface area contributed by atoms with Gasteiger partial charge in [0, 0.05) is 0 Å². The van der Waals surface area contributed by atoms with Crippen LogP contribution in [0.15, 0.2) is 146 Å². The van der Waals surface area contributed by atoms with Crippen molar-refractivity contribution < 1.29 is 0 Å². The molecule has 0 amide bonds. The molecule has 0 fully saturated rings. The molecule has 0 heterocycles. The lowest BCUT2D eigenvalue weighted by Crippen LogP contribution is -1.90. The second kappa shape index (κ2) is 10.2. The molecule has 44 heavy (non-hydrogen) atoms. The summed E-state index contributed by atoms with van der Waals surface area (Å²) in [6.07, 6.45) is 0. The first-order valence-corrected chi connectivity index (χ1v) is 14.6. The minimum absolute atomic E-state index is 0.634. The van der Waals surface area contributed by atoms with E-state index in [0.717, 1.165) is 27.8 Å². The SMILES string of the molecule is [C-]#[N+]c1ccc(-c2cc3c4ccccc4c(-c4ccc(C#N)cc4)cc3c3cc(-c4ccc5ccccc5c4)ccc23)cc1. The summed E-state index contributed by atoms with van der Waals surface area (Å²) in [4.78, 5) is 3.61. The Balaban J connectivity index is 1.47. The predicted molar refractivity (Wildman–Crippen MR) is 184 cm³/mol. The summed E-state index contributed by atoms with van der Waals surface area (Å²) in [6, 6.07) is 53.1. The van der Waals surface area contributed by atoms with Crippen LogP contribution in [0.2, 0.25) is 0 Å². The van der Waals surface area contributed by atoms with Crippen molar-refractivity contribution in [3.63, 3.8) is 0 Å². The van der Waals surface area contributed by atoms with E-state index < -0.39 is 0 Å². The maximum absolute atomic E-state index is 9.39. The summed E-state index contributed by atoms with van der Waals surface area (Å²) in [5, 5.41) is 18.9. The largest absolute Gasteiger partial charge is 0.238 e. The summed E-state index contributed by atoms with van der Waals surface area (Å²) in [5.41, 5.74) is 8.09. The van der Waals surface area contributed by atoms with Crippen LogP contribution in [-0.4, -0.2) is 0 Å². The molecule has 8 aromatic rings. The van der Waals surface area contributed by atoms with Gasteiger partial charge in [0.05, 0.1) is 18.2 Å². The maximum atomic E-state index is 9.39. The predicted octanol–water partition coefficient (Wildman–Crippen LogP) is 11.7. The van der Waals surface area contributed by atoms with Crippen LogP contribution in [0.3, 0.4) is 0 Å². The second-order valence-corrected chi connectivity index (χ2v) is 11.2. The highest BCUT2D eigenvalue weighted by Crippen LogP contribution is 2.43. The van der Waals surface area contributed by atoms with Crippen LogP contribution in [0, 0.1) is 17.9 Å². The number of rotatable bonds is 3. The van der Waals surface area contributed by atoms with Crippen LogP contribution in [0.1, 0.15) is 5.56 Å². The fraction of sp³-hybridized carbons (Fsp3) is 0. The van der Waals surface area contributed by atoms with E-state index in [9.17, 15) is 5.26 Å². The fourth-order valence-corrected chi connectivity index (χ4v) is 6.47. The lowest BCUT2D eigenvalue weighted by Gasteiger charge is -2.17. The molecule has 0 unspecified atom stereocenters. The zero-order chi connectivity index (χ0) is 29.6. The number of benzene rings is 8. The highest BCUT2D eigenvalue weighted by molar-refractivity contribution is 6.24. The highest BCUT2D eigenvalue weighted by atomic mass is 14.6. The first-order chi connectivity index (χ1) is 21.7. The van der Waals surface area contributed by atoms with Crippen molar-refractivity contribution in [2.45, 2.75) is 0 Å². The van der Waals surface area contributed by atoms with E-state index in [0.29, 0.717) is 11.3 Å². The number of nitriles is 1. The van der Waals surface area contributed by atoms with Crippen LogP contribution in [0.4, 0.5) is 5.69 Å². The molecule has 0 aromatic heterocycles. The van der Waals surface area contributed by atoms with Crippen molar-refractivity contribution >= 4 is 48.8 Å². The quantitative estimate of drug-likeness (QED) is 0.157. The van der Waals surface area contributed by atoms with Crippen molar-refractivity contribution in [3.05, 3.63) is 163 Å². The fourth-order valence-electron chi connectivity index (χ4n) is 6.47. The first kappa shape index (κ1) is 25.5. The van der Waals surface area contributed by atoms with Crippen LogP contribution < -0.4 is 0 Å².